The second-order valence-electron chi connectivity index (χ2n) is 3.33. The Bertz CT molecular complexity index is 377. The summed E-state index contributed by atoms with van der Waals surface area (Å²) >= 11 is 0. The van der Waals surface area contributed by atoms with Crippen LogP contribution in [0.3, 0.4) is 0 Å². The predicted molar refractivity (Wildman–Crippen MR) is 51.1 cm³/mol. The molecule has 0 amide bonds. The average molecular weight is 189 g/mol. The average Bonchev–Trinajstić information content (AvgIpc) is 2.98. The Kier molecular flexibility index (Phi) is 2.38. The Morgan fingerprint density at radius 3 is 3.07 bits per heavy atom. The number of rotatable bonds is 3. The van der Waals surface area contributed by atoms with Gasteiger partial charge in [0.05, 0.1) is 12.2 Å². The summed E-state index contributed by atoms with van der Waals surface area (Å²) < 4.78 is 10.5. The van der Waals surface area contributed by atoms with Gasteiger partial charge in [0.2, 0.25) is 0 Å². The molecule has 0 saturated carbocycles. The van der Waals surface area contributed by atoms with Crippen molar-refractivity contribution in [3.8, 4) is 11.8 Å². The highest BCUT2D eigenvalue weighted by atomic mass is 16.6. The number of nitriles is 1. The van der Waals surface area contributed by atoms with Crippen molar-refractivity contribution in [2.45, 2.75) is 13.0 Å². The third-order valence-electron chi connectivity index (χ3n) is 2.17. The monoisotopic (exact) mass is 189 g/mol. The van der Waals surface area contributed by atoms with Crippen molar-refractivity contribution >= 4 is 0 Å². The summed E-state index contributed by atoms with van der Waals surface area (Å²) in [6.45, 7) is 3.21. The van der Waals surface area contributed by atoms with Crippen LogP contribution in [0.25, 0.3) is 0 Å². The van der Waals surface area contributed by atoms with Gasteiger partial charge in [0.15, 0.2) is 0 Å². The topological polar surface area (TPSA) is 45.5 Å². The molecule has 3 nitrogen and oxygen atoms in total. The second kappa shape index (κ2) is 3.69. The van der Waals surface area contributed by atoms with Gasteiger partial charge in [0.1, 0.15) is 24.5 Å². The number of hydrogen-bond donors (Lipinski definition) is 0. The van der Waals surface area contributed by atoms with Gasteiger partial charge in [-0.25, -0.2) is 0 Å². The molecule has 1 aliphatic heterocycles. The standard InChI is InChI=1S/C11H11NO2/c1-8-3-2-4-11(10(8)5-12)14-7-9-6-13-9/h2-4,9H,6-7H2,1H3/t9-/m1/s1. The lowest BCUT2D eigenvalue weighted by atomic mass is 10.1. The number of benzene rings is 1. The van der Waals surface area contributed by atoms with E-state index in [1.54, 1.807) is 0 Å². The molecule has 0 unspecified atom stereocenters. The van der Waals surface area contributed by atoms with E-state index in [1.807, 2.05) is 25.1 Å². The first-order valence-corrected chi connectivity index (χ1v) is 4.55. The van der Waals surface area contributed by atoms with Gasteiger partial charge < -0.3 is 9.47 Å². The van der Waals surface area contributed by atoms with E-state index < -0.39 is 0 Å². The number of nitrogens with zero attached hydrogens (tertiary/aromatic N) is 1. The predicted octanol–water partition coefficient (Wildman–Crippen LogP) is 1.64. The van der Waals surface area contributed by atoms with E-state index in [2.05, 4.69) is 6.07 Å². The molecule has 1 saturated heterocycles. The molecular weight excluding hydrogens is 178 g/mol. The third kappa shape index (κ3) is 1.86. The SMILES string of the molecule is Cc1cccc(OC[C@H]2CO2)c1C#N. The zero-order valence-corrected chi connectivity index (χ0v) is 7.99. The maximum Gasteiger partial charge on any atom is 0.137 e. The van der Waals surface area contributed by atoms with Crippen molar-refractivity contribution in [1.82, 2.24) is 0 Å². The molecule has 14 heavy (non-hydrogen) atoms. The van der Waals surface area contributed by atoms with Gasteiger partial charge in [0, 0.05) is 0 Å². The summed E-state index contributed by atoms with van der Waals surface area (Å²) in [5.74, 6) is 0.656. The molecule has 2 rings (SSSR count). The Morgan fingerprint density at radius 1 is 1.64 bits per heavy atom. The molecule has 0 N–H and O–H groups in total. The van der Waals surface area contributed by atoms with Crippen LogP contribution < -0.4 is 4.74 Å². The van der Waals surface area contributed by atoms with E-state index in [-0.39, 0.29) is 6.10 Å². The summed E-state index contributed by atoms with van der Waals surface area (Å²) in [5.41, 5.74) is 1.56. The molecule has 0 spiro atoms. The zero-order chi connectivity index (χ0) is 9.97. The quantitative estimate of drug-likeness (QED) is 0.679. The van der Waals surface area contributed by atoms with Gasteiger partial charge in [-0.3, -0.25) is 0 Å². The lowest BCUT2D eigenvalue weighted by Gasteiger charge is -2.07. The Labute approximate surface area is 82.9 Å². The first kappa shape index (κ1) is 9.04. The third-order valence-corrected chi connectivity index (χ3v) is 2.17. The molecule has 0 bridgehead atoms. The Balaban J connectivity index is 2.14. The van der Waals surface area contributed by atoms with Crippen molar-refractivity contribution in [1.29, 1.82) is 5.26 Å². The van der Waals surface area contributed by atoms with E-state index in [1.165, 1.54) is 0 Å². The van der Waals surface area contributed by atoms with E-state index in [0.29, 0.717) is 17.9 Å². The number of aryl methyl sites for hydroxylation is 1. The van der Waals surface area contributed by atoms with Crippen molar-refractivity contribution in [2.24, 2.45) is 0 Å². The molecule has 1 aliphatic rings. The van der Waals surface area contributed by atoms with E-state index >= 15 is 0 Å². The Hall–Kier alpha value is -1.53. The molecule has 1 fully saturated rings. The second-order valence-corrected chi connectivity index (χ2v) is 3.33. The fourth-order valence-corrected chi connectivity index (χ4v) is 1.25. The van der Waals surface area contributed by atoms with Gasteiger partial charge in [-0.1, -0.05) is 12.1 Å². The maximum atomic E-state index is 8.92. The summed E-state index contributed by atoms with van der Waals surface area (Å²) in [6.07, 6.45) is 0.224. The summed E-state index contributed by atoms with van der Waals surface area (Å²) in [4.78, 5) is 0. The molecule has 1 atom stereocenters. The minimum Gasteiger partial charge on any atom is -0.489 e. The minimum atomic E-state index is 0.224. The van der Waals surface area contributed by atoms with Gasteiger partial charge in [-0.05, 0) is 18.6 Å². The van der Waals surface area contributed by atoms with Crippen molar-refractivity contribution in [3.05, 3.63) is 29.3 Å². The molecule has 72 valence electrons. The smallest absolute Gasteiger partial charge is 0.137 e. The van der Waals surface area contributed by atoms with E-state index in [0.717, 1.165) is 12.2 Å². The molecule has 0 radical (unpaired) electrons. The highest BCUT2D eigenvalue weighted by Crippen LogP contribution is 2.22. The normalized spacial score (nSPS) is 18.7. The Morgan fingerprint density at radius 2 is 2.43 bits per heavy atom. The van der Waals surface area contributed by atoms with Gasteiger partial charge in [0.25, 0.3) is 0 Å². The van der Waals surface area contributed by atoms with Crippen LogP contribution >= 0.6 is 0 Å². The van der Waals surface area contributed by atoms with Crippen LogP contribution in [0.15, 0.2) is 18.2 Å². The van der Waals surface area contributed by atoms with E-state index in [4.69, 9.17) is 14.7 Å². The fourth-order valence-electron chi connectivity index (χ4n) is 1.25. The van der Waals surface area contributed by atoms with Crippen LogP contribution in [0.2, 0.25) is 0 Å². The van der Waals surface area contributed by atoms with Gasteiger partial charge in [-0.2, -0.15) is 5.26 Å². The molecular formula is C11H11NO2. The van der Waals surface area contributed by atoms with Crippen LogP contribution in [0.5, 0.6) is 5.75 Å². The molecule has 0 aliphatic carbocycles. The van der Waals surface area contributed by atoms with Crippen LogP contribution in [0, 0.1) is 18.3 Å². The first-order chi connectivity index (χ1) is 6.81. The fraction of sp³-hybridized carbons (Fsp3) is 0.364. The molecule has 0 aromatic heterocycles. The molecule has 3 heteroatoms. The van der Waals surface area contributed by atoms with Crippen LogP contribution in [0.1, 0.15) is 11.1 Å². The zero-order valence-electron chi connectivity index (χ0n) is 7.99. The van der Waals surface area contributed by atoms with Crippen LogP contribution in [-0.4, -0.2) is 19.3 Å². The lowest BCUT2D eigenvalue weighted by Crippen LogP contribution is -2.05. The number of ether oxygens (including phenoxy) is 2. The maximum absolute atomic E-state index is 8.92. The first-order valence-electron chi connectivity index (χ1n) is 4.55. The minimum absolute atomic E-state index is 0.224. The largest absolute Gasteiger partial charge is 0.489 e. The van der Waals surface area contributed by atoms with Crippen LogP contribution in [-0.2, 0) is 4.74 Å². The van der Waals surface area contributed by atoms with Gasteiger partial charge in [-0.15, -0.1) is 0 Å². The highest BCUT2D eigenvalue weighted by molar-refractivity contribution is 5.48. The molecule has 1 aromatic rings. The van der Waals surface area contributed by atoms with Crippen molar-refractivity contribution in [2.75, 3.05) is 13.2 Å². The molecule has 1 aromatic carbocycles. The summed E-state index contributed by atoms with van der Waals surface area (Å²) in [7, 11) is 0. The van der Waals surface area contributed by atoms with Crippen molar-refractivity contribution in [3.63, 3.8) is 0 Å². The van der Waals surface area contributed by atoms with Crippen molar-refractivity contribution < 1.29 is 9.47 Å². The lowest BCUT2D eigenvalue weighted by molar-refractivity contribution is 0.262. The number of hydrogen-bond acceptors (Lipinski definition) is 3. The van der Waals surface area contributed by atoms with E-state index in [9.17, 15) is 0 Å². The van der Waals surface area contributed by atoms with Crippen LogP contribution in [0.4, 0.5) is 0 Å². The highest BCUT2D eigenvalue weighted by Gasteiger charge is 2.23. The summed E-state index contributed by atoms with van der Waals surface area (Å²) in [5, 5.41) is 8.92. The summed E-state index contributed by atoms with van der Waals surface area (Å²) in [6, 6.07) is 7.75. The molecule has 1 heterocycles. The number of epoxide rings is 1. The van der Waals surface area contributed by atoms with Gasteiger partial charge >= 0.3 is 0 Å².